The Balaban J connectivity index is 2.27. The lowest BCUT2D eigenvalue weighted by Gasteiger charge is -1.99. The van der Waals surface area contributed by atoms with E-state index in [1.165, 1.54) is 11.8 Å². The van der Waals surface area contributed by atoms with E-state index in [9.17, 15) is 0 Å². The maximum Gasteiger partial charge on any atom is 0.149 e. The standard InChI is InChI=1S/C13H13NO2/c1-2-10-3-5-11(6-4-10)13-8-7-12(16-13)9-14-15/h3-9,15H,2H2,1H3/b14-9+. The smallest absolute Gasteiger partial charge is 0.149 e. The van der Waals surface area contributed by atoms with Gasteiger partial charge in [0.25, 0.3) is 0 Å². The lowest BCUT2D eigenvalue weighted by atomic mass is 10.1. The van der Waals surface area contributed by atoms with Gasteiger partial charge in [-0.3, -0.25) is 0 Å². The molecule has 3 nitrogen and oxygen atoms in total. The molecule has 0 atom stereocenters. The average molecular weight is 215 g/mol. The fourth-order valence-corrected chi connectivity index (χ4v) is 1.54. The van der Waals surface area contributed by atoms with Crippen molar-refractivity contribution in [1.29, 1.82) is 0 Å². The molecule has 0 unspecified atom stereocenters. The van der Waals surface area contributed by atoms with Gasteiger partial charge < -0.3 is 9.62 Å². The lowest BCUT2D eigenvalue weighted by molar-refractivity contribution is 0.321. The summed E-state index contributed by atoms with van der Waals surface area (Å²) in [6.07, 6.45) is 2.30. The van der Waals surface area contributed by atoms with E-state index >= 15 is 0 Å². The first-order valence-corrected chi connectivity index (χ1v) is 5.20. The summed E-state index contributed by atoms with van der Waals surface area (Å²) in [7, 11) is 0. The van der Waals surface area contributed by atoms with Gasteiger partial charge in [-0.2, -0.15) is 0 Å². The normalized spacial score (nSPS) is 11.1. The third kappa shape index (κ3) is 2.14. The molecule has 0 saturated heterocycles. The highest BCUT2D eigenvalue weighted by Gasteiger charge is 2.03. The molecule has 3 heteroatoms. The minimum Gasteiger partial charge on any atom is -0.455 e. The van der Waals surface area contributed by atoms with Gasteiger partial charge in [0.2, 0.25) is 0 Å². The molecule has 82 valence electrons. The molecule has 0 aliphatic carbocycles. The number of oxime groups is 1. The molecular formula is C13H13NO2. The summed E-state index contributed by atoms with van der Waals surface area (Å²) >= 11 is 0. The van der Waals surface area contributed by atoms with Crippen molar-refractivity contribution < 1.29 is 9.62 Å². The molecule has 0 amide bonds. The number of nitrogens with zero attached hydrogens (tertiary/aromatic N) is 1. The van der Waals surface area contributed by atoms with Crippen LogP contribution in [0.1, 0.15) is 18.2 Å². The van der Waals surface area contributed by atoms with Crippen LogP contribution in [-0.2, 0) is 6.42 Å². The van der Waals surface area contributed by atoms with Crippen molar-refractivity contribution >= 4 is 6.21 Å². The predicted molar refractivity (Wildman–Crippen MR) is 62.9 cm³/mol. The van der Waals surface area contributed by atoms with Crippen molar-refractivity contribution in [2.24, 2.45) is 5.16 Å². The summed E-state index contributed by atoms with van der Waals surface area (Å²) in [5, 5.41) is 11.3. The zero-order valence-corrected chi connectivity index (χ0v) is 9.05. The third-order valence-electron chi connectivity index (χ3n) is 2.46. The van der Waals surface area contributed by atoms with Gasteiger partial charge in [0.1, 0.15) is 17.7 Å². The fraction of sp³-hybridized carbons (Fsp3) is 0.154. The predicted octanol–water partition coefficient (Wildman–Crippen LogP) is 3.32. The number of hydrogen-bond acceptors (Lipinski definition) is 3. The Kier molecular flexibility index (Phi) is 3.05. The highest BCUT2D eigenvalue weighted by atomic mass is 16.4. The quantitative estimate of drug-likeness (QED) is 0.485. The molecular weight excluding hydrogens is 202 g/mol. The Labute approximate surface area is 94.0 Å². The number of benzene rings is 1. The first-order chi connectivity index (χ1) is 7.83. The zero-order chi connectivity index (χ0) is 11.4. The van der Waals surface area contributed by atoms with Crippen LogP contribution in [0.5, 0.6) is 0 Å². The molecule has 0 aliphatic rings. The van der Waals surface area contributed by atoms with Crippen molar-refractivity contribution in [2.75, 3.05) is 0 Å². The molecule has 1 aromatic carbocycles. The van der Waals surface area contributed by atoms with Gasteiger partial charge in [-0.05, 0) is 24.1 Å². The highest BCUT2D eigenvalue weighted by Crippen LogP contribution is 2.22. The Morgan fingerprint density at radius 2 is 1.94 bits per heavy atom. The largest absolute Gasteiger partial charge is 0.455 e. The van der Waals surface area contributed by atoms with E-state index in [1.54, 1.807) is 6.07 Å². The van der Waals surface area contributed by atoms with E-state index in [4.69, 9.17) is 9.62 Å². The summed E-state index contributed by atoms with van der Waals surface area (Å²) in [6, 6.07) is 11.8. The van der Waals surface area contributed by atoms with Crippen molar-refractivity contribution in [2.45, 2.75) is 13.3 Å². The van der Waals surface area contributed by atoms with E-state index in [1.807, 2.05) is 18.2 Å². The van der Waals surface area contributed by atoms with Crippen LogP contribution in [-0.4, -0.2) is 11.4 Å². The summed E-state index contributed by atoms with van der Waals surface area (Å²) < 4.78 is 5.47. The topological polar surface area (TPSA) is 45.7 Å². The molecule has 0 saturated carbocycles. The molecule has 2 aromatic rings. The lowest BCUT2D eigenvalue weighted by Crippen LogP contribution is -1.79. The summed E-state index contributed by atoms with van der Waals surface area (Å²) in [5.41, 5.74) is 2.32. The number of furan rings is 1. The van der Waals surface area contributed by atoms with Crippen LogP contribution in [0.25, 0.3) is 11.3 Å². The molecule has 0 bridgehead atoms. The van der Waals surface area contributed by atoms with Gasteiger partial charge in [-0.15, -0.1) is 0 Å². The summed E-state index contributed by atoms with van der Waals surface area (Å²) in [6.45, 7) is 2.12. The SMILES string of the molecule is CCc1ccc(-c2ccc(/C=N/O)o2)cc1. The second kappa shape index (κ2) is 4.66. The molecule has 0 fully saturated rings. The maximum absolute atomic E-state index is 8.38. The first-order valence-electron chi connectivity index (χ1n) is 5.20. The van der Waals surface area contributed by atoms with Crippen molar-refractivity contribution in [1.82, 2.24) is 0 Å². The van der Waals surface area contributed by atoms with Gasteiger partial charge in [-0.1, -0.05) is 36.3 Å². The van der Waals surface area contributed by atoms with Gasteiger partial charge >= 0.3 is 0 Å². The van der Waals surface area contributed by atoms with Gasteiger partial charge in [0.05, 0.1) is 0 Å². The minimum absolute atomic E-state index is 0.539. The van der Waals surface area contributed by atoms with Crippen LogP contribution in [0.3, 0.4) is 0 Å². The minimum atomic E-state index is 0.539. The molecule has 2 rings (SSSR count). The Morgan fingerprint density at radius 3 is 2.56 bits per heavy atom. The van der Waals surface area contributed by atoms with Gasteiger partial charge in [-0.25, -0.2) is 0 Å². The van der Waals surface area contributed by atoms with Crippen molar-refractivity contribution in [3.05, 3.63) is 47.7 Å². The monoisotopic (exact) mass is 215 g/mol. The van der Waals surface area contributed by atoms with E-state index in [2.05, 4.69) is 24.2 Å². The molecule has 1 N–H and O–H groups in total. The van der Waals surface area contributed by atoms with Crippen LogP contribution >= 0.6 is 0 Å². The Bertz CT molecular complexity index is 483. The van der Waals surface area contributed by atoms with Crippen LogP contribution in [0.4, 0.5) is 0 Å². The maximum atomic E-state index is 8.38. The molecule has 1 heterocycles. The van der Waals surface area contributed by atoms with Crippen LogP contribution in [0.15, 0.2) is 46.0 Å². The van der Waals surface area contributed by atoms with Gasteiger partial charge in [0.15, 0.2) is 0 Å². The number of aryl methyl sites for hydroxylation is 1. The second-order valence-corrected chi connectivity index (χ2v) is 3.50. The molecule has 1 aromatic heterocycles. The van der Waals surface area contributed by atoms with E-state index in [0.29, 0.717) is 5.76 Å². The summed E-state index contributed by atoms with van der Waals surface area (Å²) in [5.74, 6) is 1.31. The van der Waals surface area contributed by atoms with E-state index in [-0.39, 0.29) is 0 Å². The van der Waals surface area contributed by atoms with E-state index in [0.717, 1.165) is 17.7 Å². The van der Waals surface area contributed by atoms with Crippen molar-refractivity contribution in [3.63, 3.8) is 0 Å². The average Bonchev–Trinajstić information content (AvgIpc) is 2.78. The van der Waals surface area contributed by atoms with Crippen LogP contribution in [0.2, 0.25) is 0 Å². The molecule has 0 aliphatic heterocycles. The fourth-order valence-electron chi connectivity index (χ4n) is 1.54. The molecule has 0 spiro atoms. The van der Waals surface area contributed by atoms with Crippen molar-refractivity contribution in [3.8, 4) is 11.3 Å². The summed E-state index contributed by atoms with van der Waals surface area (Å²) in [4.78, 5) is 0. The Morgan fingerprint density at radius 1 is 1.19 bits per heavy atom. The molecule has 16 heavy (non-hydrogen) atoms. The Hall–Kier alpha value is -2.03. The van der Waals surface area contributed by atoms with Crippen LogP contribution in [0, 0.1) is 0 Å². The third-order valence-corrected chi connectivity index (χ3v) is 2.46. The number of rotatable bonds is 3. The van der Waals surface area contributed by atoms with E-state index < -0.39 is 0 Å². The number of hydrogen-bond donors (Lipinski definition) is 1. The first kappa shape index (κ1) is 10.5. The molecule has 0 radical (unpaired) electrons. The zero-order valence-electron chi connectivity index (χ0n) is 9.05. The highest BCUT2D eigenvalue weighted by molar-refractivity contribution is 5.76. The second-order valence-electron chi connectivity index (χ2n) is 3.50. The van der Waals surface area contributed by atoms with Gasteiger partial charge in [0, 0.05) is 5.56 Å². The van der Waals surface area contributed by atoms with Crippen LogP contribution < -0.4 is 0 Å².